The number of imidazole rings is 1. The number of anilines is 1. The molecule has 0 aromatic carbocycles. The van der Waals surface area contributed by atoms with Gasteiger partial charge < -0.3 is 14.8 Å². The highest BCUT2D eigenvalue weighted by molar-refractivity contribution is 5.32. The van der Waals surface area contributed by atoms with Crippen molar-refractivity contribution in [3.05, 3.63) is 35.7 Å². The molecule has 1 fully saturated rings. The summed E-state index contributed by atoms with van der Waals surface area (Å²) in [5.41, 5.74) is 2.22. The molecule has 0 aliphatic heterocycles. The maximum Gasteiger partial charge on any atom is 0.225 e. The van der Waals surface area contributed by atoms with Crippen LogP contribution in [0.15, 0.2) is 18.6 Å². The fourth-order valence-corrected chi connectivity index (χ4v) is 2.21. The van der Waals surface area contributed by atoms with Gasteiger partial charge in [0.1, 0.15) is 5.82 Å². The predicted molar refractivity (Wildman–Crippen MR) is 81.9 cm³/mol. The third kappa shape index (κ3) is 3.39. The molecule has 1 aliphatic rings. The number of aromatic nitrogens is 4. The summed E-state index contributed by atoms with van der Waals surface area (Å²) in [5.74, 6) is 1.74. The number of hydrogen-bond acceptors (Lipinski definition) is 5. The van der Waals surface area contributed by atoms with E-state index >= 15 is 0 Å². The highest BCUT2D eigenvalue weighted by Gasteiger charge is 2.20. The van der Waals surface area contributed by atoms with E-state index in [9.17, 15) is 0 Å². The van der Waals surface area contributed by atoms with E-state index in [1.165, 1.54) is 18.4 Å². The molecule has 0 spiro atoms. The summed E-state index contributed by atoms with van der Waals surface area (Å²) >= 11 is 0. The van der Waals surface area contributed by atoms with Gasteiger partial charge in [0.2, 0.25) is 5.95 Å². The lowest BCUT2D eigenvalue weighted by Crippen LogP contribution is -2.22. The Hall–Kier alpha value is -1.95. The lowest BCUT2D eigenvalue weighted by molar-refractivity contribution is 0.677. The van der Waals surface area contributed by atoms with Crippen molar-refractivity contribution in [3.8, 4) is 0 Å². The fraction of sp³-hybridized carbons (Fsp3) is 0.533. The molecule has 0 atom stereocenters. The van der Waals surface area contributed by atoms with E-state index in [-0.39, 0.29) is 0 Å². The van der Waals surface area contributed by atoms with Crippen molar-refractivity contribution in [1.82, 2.24) is 24.8 Å². The molecule has 6 nitrogen and oxygen atoms in total. The van der Waals surface area contributed by atoms with Crippen LogP contribution in [0.3, 0.4) is 0 Å². The van der Waals surface area contributed by atoms with E-state index in [1.807, 2.05) is 49.1 Å². The summed E-state index contributed by atoms with van der Waals surface area (Å²) in [4.78, 5) is 15.5. The van der Waals surface area contributed by atoms with Crippen LogP contribution in [0, 0.1) is 6.92 Å². The van der Waals surface area contributed by atoms with Crippen molar-refractivity contribution in [2.75, 3.05) is 11.9 Å². The van der Waals surface area contributed by atoms with Gasteiger partial charge in [-0.05, 0) is 19.8 Å². The van der Waals surface area contributed by atoms with Crippen LogP contribution in [0.5, 0.6) is 0 Å². The predicted octanol–water partition coefficient (Wildman–Crippen LogP) is 1.41. The SMILES string of the molecule is Cc1nc(N(C)Cc2nccn2C)ncc1CNC1CC1. The summed E-state index contributed by atoms with van der Waals surface area (Å²) in [7, 11) is 3.99. The standard InChI is InChI=1S/C15H22N6/c1-11-12(8-17-13-4-5-13)9-18-15(19-11)21(3)10-14-16-6-7-20(14)2/h6-7,9,13,17H,4-5,8,10H2,1-3H3. The molecule has 0 amide bonds. The molecule has 21 heavy (non-hydrogen) atoms. The average molecular weight is 286 g/mol. The minimum Gasteiger partial charge on any atom is -0.337 e. The summed E-state index contributed by atoms with van der Waals surface area (Å²) in [6.45, 7) is 3.60. The van der Waals surface area contributed by atoms with Crippen LogP contribution in [0.1, 0.15) is 29.9 Å². The second kappa shape index (κ2) is 5.81. The van der Waals surface area contributed by atoms with Crippen LogP contribution >= 0.6 is 0 Å². The molecule has 2 aromatic heterocycles. The molecule has 1 N–H and O–H groups in total. The molecule has 112 valence electrons. The van der Waals surface area contributed by atoms with E-state index in [1.54, 1.807) is 0 Å². The summed E-state index contributed by atoms with van der Waals surface area (Å²) < 4.78 is 2.01. The van der Waals surface area contributed by atoms with Gasteiger partial charge in [0.25, 0.3) is 0 Å². The van der Waals surface area contributed by atoms with Gasteiger partial charge in [-0.25, -0.2) is 15.0 Å². The smallest absolute Gasteiger partial charge is 0.225 e. The molecule has 1 saturated carbocycles. The maximum atomic E-state index is 4.62. The van der Waals surface area contributed by atoms with Crippen LogP contribution in [0.25, 0.3) is 0 Å². The fourth-order valence-electron chi connectivity index (χ4n) is 2.21. The molecule has 0 bridgehead atoms. The first-order valence-electron chi connectivity index (χ1n) is 7.36. The Kier molecular flexibility index (Phi) is 3.88. The first-order chi connectivity index (χ1) is 10.1. The van der Waals surface area contributed by atoms with Gasteiger partial charge in [-0.2, -0.15) is 0 Å². The van der Waals surface area contributed by atoms with E-state index in [0.717, 1.165) is 24.0 Å². The number of aryl methyl sites for hydroxylation is 2. The topological polar surface area (TPSA) is 58.9 Å². The van der Waals surface area contributed by atoms with Crippen LogP contribution in [-0.2, 0) is 20.1 Å². The quantitative estimate of drug-likeness (QED) is 0.870. The zero-order chi connectivity index (χ0) is 14.8. The highest BCUT2D eigenvalue weighted by atomic mass is 15.2. The zero-order valence-corrected chi connectivity index (χ0v) is 12.9. The second-order valence-corrected chi connectivity index (χ2v) is 5.75. The summed E-state index contributed by atoms with van der Waals surface area (Å²) in [6.07, 6.45) is 8.28. The largest absolute Gasteiger partial charge is 0.337 e. The molecule has 0 radical (unpaired) electrons. The highest BCUT2D eigenvalue weighted by Crippen LogP contribution is 2.20. The Bertz CT molecular complexity index is 616. The lowest BCUT2D eigenvalue weighted by Gasteiger charge is -2.18. The van der Waals surface area contributed by atoms with Crippen LogP contribution in [-0.4, -0.2) is 32.6 Å². The van der Waals surface area contributed by atoms with Gasteiger partial charge in [-0.15, -0.1) is 0 Å². The van der Waals surface area contributed by atoms with Gasteiger partial charge >= 0.3 is 0 Å². The molecule has 0 unspecified atom stereocenters. The molecule has 1 aliphatic carbocycles. The van der Waals surface area contributed by atoms with Gasteiger partial charge in [0.05, 0.1) is 6.54 Å². The second-order valence-electron chi connectivity index (χ2n) is 5.75. The van der Waals surface area contributed by atoms with Gasteiger partial charge in [-0.1, -0.05) is 0 Å². The Morgan fingerprint density at radius 3 is 2.81 bits per heavy atom. The van der Waals surface area contributed by atoms with Crippen molar-refractivity contribution in [3.63, 3.8) is 0 Å². The molecular weight excluding hydrogens is 264 g/mol. The molecule has 0 saturated heterocycles. The van der Waals surface area contributed by atoms with Crippen LogP contribution in [0.2, 0.25) is 0 Å². The van der Waals surface area contributed by atoms with Crippen LogP contribution < -0.4 is 10.2 Å². The lowest BCUT2D eigenvalue weighted by atomic mass is 10.2. The molecule has 2 heterocycles. The van der Waals surface area contributed by atoms with Crippen molar-refractivity contribution >= 4 is 5.95 Å². The van der Waals surface area contributed by atoms with Crippen molar-refractivity contribution in [2.45, 2.75) is 38.9 Å². The Labute approximate surface area is 125 Å². The first kappa shape index (κ1) is 14.0. The third-order valence-corrected chi connectivity index (χ3v) is 3.87. The van der Waals surface area contributed by atoms with Crippen molar-refractivity contribution in [2.24, 2.45) is 7.05 Å². The van der Waals surface area contributed by atoms with E-state index in [2.05, 4.69) is 20.3 Å². The Morgan fingerprint density at radius 2 is 2.19 bits per heavy atom. The van der Waals surface area contributed by atoms with Gasteiger partial charge in [0.15, 0.2) is 0 Å². The summed E-state index contributed by atoms with van der Waals surface area (Å²) in [5, 5.41) is 3.50. The number of hydrogen-bond donors (Lipinski definition) is 1. The first-order valence-corrected chi connectivity index (χ1v) is 7.36. The van der Waals surface area contributed by atoms with E-state index in [0.29, 0.717) is 12.6 Å². The number of rotatable bonds is 6. The zero-order valence-electron chi connectivity index (χ0n) is 12.9. The van der Waals surface area contributed by atoms with Gasteiger partial charge in [-0.3, -0.25) is 0 Å². The van der Waals surface area contributed by atoms with Crippen molar-refractivity contribution in [1.29, 1.82) is 0 Å². The monoisotopic (exact) mass is 286 g/mol. The molecule has 6 heteroatoms. The third-order valence-electron chi connectivity index (χ3n) is 3.87. The maximum absolute atomic E-state index is 4.62. The molecular formula is C15H22N6. The minimum absolute atomic E-state index is 0.697. The summed E-state index contributed by atoms with van der Waals surface area (Å²) in [6, 6.07) is 0.704. The Balaban J connectivity index is 1.66. The normalized spacial score (nSPS) is 14.4. The number of nitrogens with one attached hydrogen (secondary N) is 1. The van der Waals surface area contributed by atoms with Gasteiger partial charge in [0, 0.05) is 56.5 Å². The minimum atomic E-state index is 0.697. The van der Waals surface area contributed by atoms with Crippen molar-refractivity contribution < 1.29 is 0 Å². The van der Waals surface area contributed by atoms with E-state index in [4.69, 9.17) is 0 Å². The molecule has 2 aromatic rings. The Morgan fingerprint density at radius 1 is 1.38 bits per heavy atom. The average Bonchev–Trinajstić information content (AvgIpc) is 3.21. The van der Waals surface area contributed by atoms with E-state index < -0.39 is 0 Å². The molecule has 3 rings (SSSR count). The number of nitrogens with zero attached hydrogens (tertiary/aromatic N) is 5. The van der Waals surface area contributed by atoms with Crippen LogP contribution in [0.4, 0.5) is 5.95 Å².